The van der Waals surface area contributed by atoms with Crippen molar-refractivity contribution in [1.82, 2.24) is 9.80 Å². The molecule has 21 heavy (non-hydrogen) atoms. The van der Waals surface area contributed by atoms with Crippen molar-refractivity contribution in [3.8, 4) is 11.5 Å². The van der Waals surface area contributed by atoms with Gasteiger partial charge in [0.25, 0.3) is 5.91 Å². The van der Waals surface area contributed by atoms with Crippen molar-refractivity contribution < 1.29 is 14.6 Å². The molecule has 0 radical (unpaired) electrons. The number of benzene rings is 1. The summed E-state index contributed by atoms with van der Waals surface area (Å²) in [6, 6.07) is 4.71. The Morgan fingerprint density at radius 3 is 2.67 bits per heavy atom. The summed E-state index contributed by atoms with van der Waals surface area (Å²) < 4.78 is 5.11. The zero-order valence-electron chi connectivity index (χ0n) is 12.4. The molecule has 1 aromatic carbocycles. The van der Waals surface area contributed by atoms with Gasteiger partial charge >= 0.3 is 0 Å². The molecule has 6 nitrogen and oxygen atoms in total. The van der Waals surface area contributed by atoms with Crippen molar-refractivity contribution >= 4 is 5.91 Å². The number of piperazine rings is 1. The molecule has 6 heteroatoms. The van der Waals surface area contributed by atoms with Crippen LogP contribution in [0.25, 0.3) is 0 Å². The first-order valence-corrected chi connectivity index (χ1v) is 7.24. The van der Waals surface area contributed by atoms with E-state index >= 15 is 0 Å². The molecule has 1 fully saturated rings. The van der Waals surface area contributed by atoms with Crippen LogP contribution in [0.3, 0.4) is 0 Å². The Hall–Kier alpha value is -1.79. The van der Waals surface area contributed by atoms with Gasteiger partial charge in [-0.15, -0.1) is 0 Å². The van der Waals surface area contributed by atoms with E-state index in [0.717, 1.165) is 26.1 Å². The number of amides is 1. The molecule has 1 amide bonds. The summed E-state index contributed by atoms with van der Waals surface area (Å²) in [7, 11) is 1.54. The zero-order chi connectivity index (χ0) is 15.2. The van der Waals surface area contributed by atoms with Gasteiger partial charge in [-0.2, -0.15) is 0 Å². The number of carbonyl (C=O) groups excluding carboxylic acids is 1. The molecule has 1 heterocycles. The number of methoxy groups -OCH3 is 1. The van der Waals surface area contributed by atoms with Gasteiger partial charge in [0, 0.05) is 26.2 Å². The molecule has 0 aromatic heterocycles. The summed E-state index contributed by atoms with van der Waals surface area (Å²) in [6.45, 7) is 4.69. The minimum absolute atomic E-state index is 0.00800. The van der Waals surface area contributed by atoms with Gasteiger partial charge in [0.2, 0.25) is 0 Å². The number of ether oxygens (including phenoxy) is 1. The summed E-state index contributed by atoms with van der Waals surface area (Å²) in [5.74, 6) is 0.411. The van der Waals surface area contributed by atoms with Gasteiger partial charge in [0.15, 0.2) is 0 Å². The van der Waals surface area contributed by atoms with Crippen molar-refractivity contribution in [3.05, 3.63) is 23.8 Å². The molecule has 0 bridgehead atoms. The number of nitrogens with zero attached hydrogens (tertiary/aromatic N) is 2. The third kappa shape index (κ3) is 3.86. The number of aromatic hydroxyl groups is 1. The molecular formula is C15H23N3O3. The number of nitrogens with two attached hydrogens (primary N) is 1. The average Bonchev–Trinajstić information content (AvgIpc) is 2.53. The molecule has 116 valence electrons. The number of hydrogen-bond donors (Lipinski definition) is 2. The Labute approximate surface area is 125 Å². The van der Waals surface area contributed by atoms with Gasteiger partial charge in [0.05, 0.1) is 12.7 Å². The maximum Gasteiger partial charge on any atom is 0.257 e. The highest BCUT2D eigenvalue weighted by atomic mass is 16.5. The zero-order valence-corrected chi connectivity index (χ0v) is 12.4. The lowest BCUT2D eigenvalue weighted by Crippen LogP contribution is -2.49. The maximum atomic E-state index is 12.5. The molecule has 2 rings (SSSR count). The minimum Gasteiger partial charge on any atom is -0.507 e. The molecular weight excluding hydrogens is 270 g/mol. The highest BCUT2D eigenvalue weighted by molar-refractivity contribution is 5.97. The lowest BCUT2D eigenvalue weighted by molar-refractivity contribution is 0.0633. The predicted octanol–water partition coefficient (Wildman–Crippen LogP) is 0.507. The van der Waals surface area contributed by atoms with Crippen molar-refractivity contribution in [2.75, 3.05) is 46.4 Å². The van der Waals surface area contributed by atoms with Crippen LogP contribution >= 0.6 is 0 Å². The second-order valence-corrected chi connectivity index (χ2v) is 5.16. The molecule has 1 aliphatic heterocycles. The third-order valence-corrected chi connectivity index (χ3v) is 3.77. The van der Waals surface area contributed by atoms with Crippen LogP contribution in [0.1, 0.15) is 16.8 Å². The van der Waals surface area contributed by atoms with E-state index in [2.05, 4.69) is 4.90 Å². The molecule has 0 atom stereocenters. The fourth-order valence-electron chi connectivity index (χ4n) is 2.47. The highest BCUT2D eigenvalue weighted by Crippen LogP contribution is 2.24. The van der Waals surface area contributed by atoms with E-state index in [0.29, 0.717) is 30.9 Å². The molecule has 0 spiro atoms. The Bertz CT molecular complexity index is 485. The summed E-state index contributed by atoms with van der Waals surface area (Å²) in [4.78, 5) is 16.6. The van der Waals surface area contributed by atoms with Gasteiger partial charge in [-0.25, -0.2) is 0 Å². The predicted molar refractivity (Wildman–Crippen MR) is 80.7 cm³/mol. The van der Waals surface area contributed by atoms with Crippen LogP contribution in [0.2, 0.25) is 0 Å². The van der Waals surface area contributed by atoms with Gasteiger partial charge in [-0.05, 0) is 37.7 Å². The topological polar surface area (TPSA) is 79.0 Å². The smallest absolute Gasteiger partial charge is 0.257 e. The van der Waals surface area contributed by atoms with Crippen LogP contribution in [0.4, 0.5) is 0 Å². The van der Waals surface area contributed by atoms with Gasteiger partial charge in [-0.3, -0.25) is 9.69 Å². The summed E-state index contributed by atoms with van der Waals surface area (Å²) in [6.07, 6.45) is 0.977. The van der Waals surface area contributed by atoms with E-state index in [1.54, 1.807) is 17.0 Å². The van der Waals surface area contributed by atoms with Crippen LogP contribution in [0.15, 0.2) is 18.2 Å². The Morgan fingerprint density at radius 1 is 1.33 bits per heavy atom. The lowest BCUT2D eigenvalue weighted by Gasteiger charge is -2.34. The van der Waals surface area contributed by atoms with Gasteiger partial charge < -0.3 is 20.5 Å². The molecule has 3 N–H and O–H groups in total. The second kappa shape index (κ2) is 7.28. The second-order valence-electron chi connectivity index (χ2n) is 5.16. The standard InChI is InChI=1S/C15H23N3O3/c1-21-12-3-4-14(19)13(11-12)15(20)18-9-7-17(8-10-18)6-2-5-16/h3-4,11,19H,2,5-10,16H2,1H3. The maximum absolute atomic E-state index is 12.5. The van der Waals surface area contributed by atoms with Crippen molar-refractivity contribution in [1.29, 1.82) is 0 Å². The van der Waals surface area contributed by atoms with Crippen LogP contribution < -0.4 is 10.5 Å². The number of phenols is 1. The fourth-order valence-corrected chi connectivity index (χ4v) is 2.47. The Morgan fingerprint density at radius 2 is 2.05 bits per heavy atom. The van der Waals surface area contributed by atoms with Crippen molar-refractivity contribution in [2.24, 2.45) is 5.73 Å². The van der Waals surface area contributed by atoms with Crippen LogP contribution in [-0.4, -0.2) is 67.2 Å². The molecule has 1 saturated heterocycles. The Balaban J connectivity index is 1.98. The molecule has 0 unspecified atom stereocenters. The van der Waals surface area contributed by atoms with E-state index in [4.69, 9.17) is 10.5 Å². The lowest BCUT2D eigenvalue weighted by atomic mass is 10.1. The average molecular weight is 293 g/mol. The fraction of sp³-hybridized carbons (Fsp3) is 0.533. The van der Waals surface area contributed by atoms with E-state index in [9.17, 15) is 9.90 Å². The van der Waals surface area contributed by atoms with E-state index in [1.807, 2.05) is 0 Å². The Kier molecular flexibility index (Phi) is 5.41. The quantitative estimate of drug-likeness (QED) is 0.827. The monoisotopic (exact) mass is 293 g/mol. The number of rotatable bonds is 5. The number of carbonyl (C=O) groups is 1. The van der Waals surface area contributed by atoms with E-state index < -0.39 is 0 Å². The first-order valence-electron chi connectivity index (χ1n) is 7.24. The summed E-state index contributed by atoms with van der Waals surface area (Å²) >= 11 is 0. The summed E-state index contributed by atoms with van der Waals surface area (Å²) in [5.41, 5.74) is 5.81. The number of hydrogen-bond acceptors (Lipinski definition) is 5. The van der Waals surface area contributed by atoms with Crippen molar-refractivity contribution in [2.45, 2.75) is 6.42 Å². The van der Waals surface area contributed by atoms with Gasteiger partial charge in [0.1, 0.15) is 11.5 Å². The normalized spacial score (nSPS) is 16.0. The summed E-state index contributed by atoms with van der Waals surface area (Å²) in [5, 5.41) is 9.87. The van der Waals surface area contributed by atoms with Crippen LogP contribution in [0.5, 0.6) is 11.5 Å². The van der Waals surface area contributed by atoms with E-state index in [1.165, 1.54) is 13.2 Å². The first-order chi connectivity index (χ1) is 10.2. The van der Waals surface area contributed by atoms with Gasteiger partial charge in [-0.1, -0.05) is 0 Å². The third-order valence-electron chi connectivity index (χ3n) is 3.77. The molecule has 1 aliphatic rings. The minimum atomic E-state index is -0.148. The molecule has 0 aliphatic carbocycles. The van der Waals surface area contributed by atoms with Crippen molar-refractivity contribution in [3.63, 3.8) is 0 Å². The number of phenolic OH excluding ortho intramolecular Hbond substituents is 1. The van der Waals surface area contributed by atoms with Crippen LogP contribution in [-0.2, 0) is 0 Å². The molecule has 0 saturated carbocycles. The highest BCUT2D eigenvalue weighted by Gasteiger charge is 2.24. The largest absolute Gasteiger partial charge is 0.507 e. The molecule has 1 aromatic rings. The SMILES string of the molecule is COc1ccc(O)c(C(=O)N2CCN(CCCN)CC2)c1. The first kappa shape index (κ1) is 15.6. The van der Waals surface area contributed by atoms with Crippen LogP contribution in [0, 0.1) is 0 Å². The van der Waals surface area contributed by atoms with E-state index in [-0.39, 0.29) is 11.7 Å².